The Bertz CT molecular complexity index is 3900. The van der Waals surface area contributed by atoms with Crippen LogP contribution in [0.3, 0.4) is 0 Å². The van der Waals surface area contributed by atoms with Gasteiger partial charge in [-0.3, -0.25) is 0 Å². The van der Waals surface area contributed by atoms with E-state index in [0.717, 1.165) is 11.0 Å². The van der Waals surface area contributed by atoms with Crippen LogP contribution in [-0.4, -0.2) is 14.1 Å². The van der Waals surface area contributed by atoms with Crippen LogP contribution in [-0.2, 0) is 0 Å². The number of rotatable bonds is 6. The van der Waals surface area contributed by atoms with Gasteiger partial charge in [-0.15, -0.1) is 0 Å². The van der Waals surface area contributed by atoms with E-state index in [-0.39, 0.29) is 0 Å². The second-order valence-corrected chi connectivity index (χ2v) is 16.6. The van der Waals surface area contributed by atoms with E-state index in [1.54, 1.807) is 0 Å². The third kappa shape index (κ3) is 5.67. The molecule has 0 aliphatic carbocycles. The van der Waals surface area contributed by atoms with Crippen molar-refractivity contribution >= 4 is 65.4 Å². The lowest BCUT2D eigenvalue weighted by atomic mass is 9.92. The summed E-state index contributed by atoms with van der Waals surface area (Å²) in [7, 11) is 0. The van der Waals surface area contributed by atoms with E-state index >= 15 is 0 Å². The fraction of sp³-hybridized carbons (Fsp3) is 0. The maximum atomic E-state index is 3.82. The first-order chi connectivity index (χ1) is 31.2. The Morgan fingerprint density at radius 1 is 0.254 bits per heavy atom. The number of H-pyrrole nitrogens is 1. The Morgan fingerprint density at radius 2 is 0.683 bits per heavy atom. The summed E-state index contributed by atoms with van der Waals surface area (Å²) >= 11 is 0. The van der Waals surface area contributed by atoms with Gasteiger partial charge in [-0.25, -0.2) is 0 Å². The van der Waals surface area contributed by atoms with Crippen LogP contribution in [0.4, 0.5) is 0 Å². The number of para-hydroxylation sites is 5. The number of aromatic amines is 1. The SMILES string of the molecule is c1ccc(-n2c3ccccc3c3cc(-c4cccc(-c5cc(-c6cccc(-c7ccc8c(c7)c7ccccc7n8-c7ccccc7)c6)c6[nH]c7ccccc7c6c5)c4)ccc32)cc1. The molecule has 10 aromatic carbocycles. The van der Waals surface area contributed by atoms with Gasteiger partial charge in [0.25, 0.3) is 0 Å². The van der Waals surface area contributed by atoms with Crippen LogP contribution in [0.2, 0.25) is 0 Å². The van der Waals surface area contributed by atoms with E-state index in [1.807, 2.05) is 0 Å². The van der Waals surface area contributed by atoms with E-state index in [1.165, 1.54) is 110 Å². The first-order valence-corrected chi connectivity index (χ1v) is 21.7. The van der Waals surface area contributed by atoms with Gasteiger partial charge < -0.3 is 14.1 Å². The van der Waals surface area contributed by atoms with E-state index < -0.39 is 0 Å². The second-order valence-electron chi connectivity index (χ2n) is 16.6. The largest absolute Gasteiger partial charge is 0.354 e. The minimum absolute atomic E-state index is 1.14. The molecule has 0 radical (unpaired) electrons. The van der Waals surface area contributed by atoms with Gasteiger partial charge in [-0.1, -0.05) is 140 Å². The molecule has 0 spiro atoms. The molecule has 1 N–H and O–H groups in total. The monoisotopic (exact) mass is 801 g/mol. The van der Waals surface area contributed by atoms with Crippen LogP contribution in [0, 0.1) is 0 Å². The topological polar surface area (TPSA) is 25.6 Å². The summed E-state index contributed by atoms with van der Waals surface area (Å²) < 4.78 is 4.75. The molecule has 3 aromatic heterocycles. The highest BCUT2D eigenvalue weighted by Gasteiger charge is 2.18. The molecule has 0 amide bonds. The van der Waals surface area contributed by atoms with Crippen molar-refractivity contribution in [1.29, 1.82) is 0 Å². The Morgan fingerprint density at radius 3 is 1.27 bits per heavy atom. The average Bonchev–Trinajstić information content (AvgIpc) is 4.02. The van der Waals surface area contributed by atoms with Crippen molar-refractivity contribution < 1.29 is 0 Å². The van der Waals surface area contributed by atoms with Gasteiger partial charge >= 0.3 is 0 Å². The maximum Gasteiger partial charge on any atom is 0.0544 e. The van der Waals surface area contributed by atoms with E-state index in [9.17, 15) is 0 Å². The summed E-state index contributed by atoms with van der Waals surface area (Å²) in [4.78, 5) is 3.82. The molecule has 0 fully saturated rings. The summed E-state index contributed by atoms with van der Waals surface area (Å²) in [6.07, 6.45) is 0. The van der Waals surface area contributed by atoms with Crippen molar-refractivity contribution in [1.82, 2.24) is 14.1 Å². The smallest absolute Gasteiger partial charge is 0.0544 e. The van der Waals surface area contributed by atoms with Crippen molar-refractivity contribution in [2.75, 3.05) is 0 Å². The van der Waals surface area contributed by atoms with Crippen molar-refractivity contribution in [3.05, 3.63) is 231 Å². The minimum atomic E-state index is 1.14. The quantitative estimate of drug-likeness (QED) is 0.173. The predicted octanol–water partition coefficient (Wildman–Crippen LogP) is 16.2. The van der Waals surface area contributed by atoms with Crippen LogP contribution in [0.5, 0.6) is 0 Å². The fourth-order valence-electron chi connectivity index (χ4n) is 10.1. The molecule has 0 aliphatic heterocycles. The summed E-state index contributed by atoms with van der Waals surface area (Å²) in [5.74, 6) is 0. The normalized spacial score (nSPS) is 11.8. The number of aromatic nitrogens is 3. The fourth-order valence-corrected chi connectivity index (χ4v) is 10.1. The predicted molar refractivity (Wildman–Crippen MR) is 266 cm³/mol. The number of fused-ring (bicyclic) bond motifs is 9. The molecule has 3 nitrogen and oxygen atoms in total. The van der Waals surface area contributed by atoms with E-state index in [2.05, 4.69) is 245 Å². The van der Waals surface area contributed by atoms with Crippen LogP contribution in [0.1, 0.15) is 0 Å². The first kappa shape index (κ1) is 35.4. The molecule has 0 aliphatic rings. The molecule has 3 heterocycles. The zero-order valence-electron chi connectivity index (χ0n) is 34.3. The zero-order valence-corrected chi connectivity index (χ0v) is 34.3. The van der Waals surface area contributed by atoms with Gasteiger partial charge in [0, 0.05) is 54.8 Å². The molecule has 13 aromatic rings. The summed E-state index contributed by atoms with van der Waals surface area (Å²) in [6, 6.07) is 84.2. The van der Waals surface area contributed by atoms with Crippen LogP contribution in [0.15, 0.2) is 231 Å². The lowest BCUT2D eigenvalue weighted by Crippen LogP contribution is -1.92. The van der Waals surface area contributed by atoms with Gasteiger partial charge in [0.2, 0.25) is 0 Å². The highest BCUT2D eigenvalue weighted by molar-refractivity contribution is 6.15. The molecule has 13 rings (SSSR count). The van der Waals surface area contributed by atoms with E-state index in [4.69, 9.17) is 0 Å². The molecule has 0 saturated carbocycles. The van der Waals surface area contributed by atoms with Gasteiger partial charge in [0.15, 0.2) is 0 Å². The lowest BCUT2D eigenvalue weighted by molar-refractivity contribution is 1.18. The molecular weight excluding hydrogens is 763 g/mol. The van der Waals surface area contributed by atoms with Gasteiger partial charge in [-0.2, -0.15) is 0 Å². The molecule has 3 heteroatoms. The Balaban J connectivity index is 0.941. The first-order valence-electron chi connectivity index (χ1n) is 21.7. The molecular formula is C60H39N3. The van der Waals surface area contributed by atoms with Crippen molar-refractivity contribution in [2.45, 2.75) is 0 Å². The number of hydrogen-bond acceptors (Lipinski definition) is 0. The average molecular weight is 802 g/mol. The van der Waals surface area contributed by atoms with Gasteiger partial charge in [0.1, 0.15) is 0 Å². The Labute approximate surface area is 364 Å². The number of nitrogens with zero attached hydrogens (tertiary/aromatic N) is 2. The standard InChI is InChI=1S/C60H39N3/c1-3-19-46(20-4-1)62-56-27-11-8-24-49(56)52-35-42(29-31-58(52)62)39-15-13-17-41(33-39)45-37-51(60-54(38-45)48-23-7-10-26-55(48)61-60)44-18-14-16-40(34-44)43-30-32-59-53(36-43)50-25-9-12-28-57(50)63(59)47-21-5-2-6-22-47/h1-38,61H. The number of benzene rings is 10. The number of nitrogens with one attached hydrogen (secondary N) is 1. The molecule has 63 heavy (non-hydrogen) atoms. The molecule has 0 atom stereocenters. The Hall–Kier alpha value is -8.40. The minimum Gasteiger partial charge on any atom is -0.354 e. The van der Waals surface area contributed by atoms with Crippen molar-refractivity contribution in [2.24, 2.45) is 0 Å². The van der Waals surface area contributed by atoms with Crippen LogP contribution >= 0.6 is 0 Å². The van der Waals surface area contributed by atoms with Crippen LogP contribution in [0.25, 0.3) is 121 Å². The third-order valence-electron chi connectivity index (χ3n) is 13.0. The Kier molecular flexibility index (Phi) is 7.91. The highest BCUT2D eigenvalue weighted by Crippen LogP contribution is 2.41. The summed E-state index contributed by atoms with van der Waals surface area (Å²) in [5.41, 5.74) is 19.0. The van der Waals surface area contributed by atoms with Gasteiger partial charge in [-0.05, 0) is 130 Å². The zero-order chi connectivity index (χ0) is 41.4. The second kappa shape index (κ2) is 14.1. The maximum absolute atomic E-state index is 3.82. The molecule has 0 saturated heterocycles. The molecule has 294 valence electrons. The van der Waals surface area contributed by atoms with Crippen molar-refractivity contribution in [3.8, 4) is 55.9 Å². The third-order valence-corrected chi connectivity index (χ3v) is 13.0. The molecule has 0 unspecified atom stereocenters. The van der Waals surface area contributed by atoms with Gasteiger partial charge in [0.05, 0.1) is 27.6 Å². The summed E-state index contributed by atoms with van der Waals surface area (Å²) in [6.45, 7) is 0. The van der Waals surface area contributed by atoms with E-state index in [0.29, 0.717) is 0 Å². The number of hydrogen-bond donors (Lipinski definition) is 1. The molecule has 0 bridgehead atoms. The van der Waals surface area contributed by atoms with Crippen LogP contribution < -0.4 is 0 Å². The highest BCUT2D eigenvalue weighted by atomic mass is 15.0. The summed E-state index contributed by atoms with van der Waals surface area (Å²) in [5, 5.41) is 7.45. The van der Waals surface area contributed by atoms with Crippen molar-refractivity contribution in [3.63, 3.8) is 0 Å². The lowest BCUT2D eigenvalue weighted by Gasteiger charge is -2.12.